The Morgan fingerprint density at radius 2 is 1.92 bits per heavy atom. The summed E-state index contributed by atoms with van der Waals surface area (Å²) in [5.74, 6) is -1.10. The fraction of sp³-hybridized carbons (Fsp3) is 0.375. The summed E-state index contributed by atoms with van der Waals surface area (Å²) < 4.78 is 25.6. The van der Waals surface area contributed by atoms with Crippen LogP contribution in [0.3, 0.4) is 0 Å². The molecular weight excluding hydrogens is 366 g/mol. The number of hydrogen-bond acceptors (Lipinski definition) is 5. The number of nitrogens with one attached hydrogen (secondary N) is 3. The minimum Gasteiger partial charge on any atom is -0.323 e. The number of hydrogen-bond donors (Lipinski definition) is 3. The van der Waals surface area contributed by atoms with E-state index >= 15 is 0 Å². The predicted octanol–water partition coefficient (Wildman–Crippen LogP) is 1.06. The summed E-state index contributed by atoms with van der Waals surface area (Å²) in [6.07, 6.45) is 2.20. The Balaban J connectivity index is 1.77. The summed E-state index contributed by atoms with van der Waals surface area (Å²) in [6.45, 7) is 1.81. The molecule has 1 saturated heterocycles. The molecule has 1 fully saturated rings. The lowest BCUT2D eigenvalue weighted by atomic mass is 10.0. The maximum Gasteiger partial charge on any atom is 0.322 e. The molecule has 0 saturated carbocycles. The summed E-state index contributed by atoms with van der Waals surface area (Å²) in [4.78, 5) is 23.2. The molecule has 0 aliphatic carbocycles. The zero-order valence-electron chi connectivity index (χ0n) is 13.5. The normalized spacial score (nSPS) is 26.8. The number of amides is 3. The molecule has 9 heteroatoms. The van der Waals surface area contributed by atoms with Gasteiger partial charge in [-0.1, -0.05) is 29.8 Å². The van der Waals surface area contributed by atoms with E-state index in [1.165, 1.54) is 6.92 Å². The van der Waals surface area contributed by atoms with Crippen LogP contribution in [0.2, 0.25) is 5.02 Å². The van der Waals surface area contributed by atoms with Crippen molar-refractivity contribution >= 4 is 38.9 Å². The molecular formula is C16H18ClN3O4S. The SMILES string of the molecule is C[C@]1(CS(=O)(=O)C2CC(c3ccc(Cl)cc3)=CCN2)NC(=O)NC1=O. The van der Waals surface area contributed by atoms with Crippen LogP contribution in [0.4, 0.5) is 4.79 Å². The molecule has 0 bridgehead atoms. The van der Waals surface area contributed by atoms with Gasteiger partial charge in [0.2, 0.25) is 0 Å². The Bertz CT molecular complexity index is 851. The molecule has 7 nitrogen and oxygen atoms in total. The number of imide groups is 1. The maximum absolute atomic E-state index is 12.8. The van der Waals surface area contributed by atoms with Crippen LogP contribution < -0.4 is 16.0 Å². The highest BCUT2D eigenvalue weighted by molar-refractivity contribution is 7.92. The molecule has 3 rings (SSSR count). The fourth-order valence-corrected chi connectivity index (χ4v) is 5.13. The molecule has 2 aliphatic heterocycles. The first-order valence-electron chi connectivity index (χ1n) is 7.73. The lowest BCUT2D eigenvalue weighted by Gasteiger charge is -2.28. The van der Waals surface area contributed by atoms with Crippen molar-refractivity contribution in [2.24, 2.45) is 0 Å². The van der Waals surface area contributed by atoms with Gasteiger partial charge in [-0.15, -0.1) is 0 Å². The van der Waals surface area contributed by atoms with Gasteiger partial charge in [0.15, 0.2) is 9.84 Å². The van der Waals surface area contributed by atoms with Crippen molar-refractivity contribution in [3.8, 4) is 0 Å². The zero-order chi connectivity index (χ0) is 18.2. The van der Waals surface area contributed by atoms with E-state index in [-0.39, 0.29) is 6.42 Å². The van der Waals surface area contributed by atoms with Crippen LogP contribution in [0.5, 0.6) is 0 Å². The summed E-state index contributed by atoms with van der Waals surface area (Å²) in [5, 5.41) is 7.20. The molecule has 1 aromatic carbocycles. The third-order valence-corrected chi connectivity index (χ3v) is 6.79. The Morgan fingerprint density at radius 3 is 2.52 bits per heavy atom. The van der Waals surface area contributed by atoms with Gasteiger partial charge in [-0.25, -0.2) is 13.2 Å². The summed E-state index contributed by atoms with van der Waals surface area (Å²) >= 11 is 5.89. The number of rotatable bonds is 4. The van der Waals surface area contributed by atoms with Gasteiger partial charge in [0.1, 0.15) is 10.9 Å². The first kappa shape index (κ1) is 17.9. The number of sulfone groups is 1. The van der Waals surface area contributed by atoms with Crippen molar-refractivity contribution < 1.29 is 18.0 Å². The number of benzene rings is 1. The first-order valence-corrected chi connectivity index (χ1v) is 9.82. The van der Waals surface area contributed by atoms with E-state index < -0.39 is 38.4 Å². The molecule has 134 valence electrons. The van der Waals surface area contributed by atoms with Crippen molar-refractivity contribution in [3.05, 3.63) is 40.9 Å². The number of urea groups is 1. The molecule has 0 aromatic heterocycles. The molecule has 1 aromatic rings. The first-order chi connectivity index (χ1) is 11.7. The molecule has 3 N–H and O–H groups in total. The Labute approximate surface area is 150 Å². The highest BCUT2D eigenvalue weighted by Crippen LogP contribution is 2.27. The zero-order valence-corrected chi connectivity index (χ0v) is 15.1. The van der Waals surface area contributed by atoms with Crippen molar-refractivity contribution in [2.75, 3.05) is 12.3 Å². The van der Waals surface area contributed by atoms with Crippen molar-refractivity contribution in [1.82, 2.24) is 16.0 Å². The minimum atomic E-state index is -3.68. The average Bonchev–Trinajstić information content (AvgIpc) is 2.79. The molecule has 3 amide bonds. The van der Waals surface area contributed by atoms with Crippen molar-refractivity contribution in [1.29, 1.82) is 0 Å². The van der Waals surface area contributed by atoms with Crippen molar-refractivity contribution in [2.45, 2.75) is 24.3 Å². The van der Waals surface area contributed by atoms with E-state index in [0.717, 1.165) is 11.1 Å². The van der Waals surface area contributed by atoms with Gasteiger partial charge in [0.25, 0.3) is 5.91 Å². The highest BCUT2D eigenvalue weighted by Gasteiger charge is 2.47. The Hall–Kier alpha value is -1.90. The summed E-state index contributed by atoms with van der Waals surface area (Å²) in [5.41, 5.74) is 0.345. The van der Waals surface area contributed by atoms with E-state index in [1.807, 2.05) is 18.2 Å². The van der Waals surface area contributed by atoms with Gasteiger partial charge in [0, 0.05) is 18.0 Å². The largest absolute Gasteiger partial charge is 0.323 e. The van der Waals surface area contributed by atoms with Gasteiger partial charge in [-0.2, -0.15) is 0 Å². The third kappa shape index (κ3) is 3.70. The average molecular weight is 384 g/mol. The Morgan fingerprint density at radius 1 is 1.24 bits per heavy atom. The molecule has 0 spiro atoms. The van der Waals surface area contributed by atoms with E-state index in [4.69, 9.17) is 11.6 Å². The molecule has 2 heterocycles. The van der Waals surface area contributed by atoms with E-state index in [9.17, 15) is 18.0 Å². The maximum atomic E-state index is 12.8. The lowest BCUT2D eigenvalue weighted by molar-refractivity contribution is -0.122. The van der Waals surface area contributed by atoms with Gasteiger partial charge in [-0.05, 0) is 30.2 Å². The van der Waals surface area contributed by atoms with Gasteiger partial charge in [0.05, 0.1) is 5.75 Å². The summed E-state index contributed by atoms with van der Waals surface area (Å²) in [6, 6.07) is 6.51. The second kappa shape index (κ2) is 6.44. The smallest absolute Gasteiger partial charge is 0.322 e. The van der Waals surface area contributed by atoms with Crippen molar-refractivity contribution in [3.63, 3.8) is 0 Å². The second-order valence-corrected chi connectivity index (χ2v) is 9.00. The fourth-order valence-electron chi connectivity index (χ4n) is 3.01. The predicted molar refractivity (Wildman–Crippen MR) is 94.7 cm³/mol. The monoisotopic (exact) mass is 383 g/mol. The number of carbonyl (C=O) groups excluding carboxylic acids is 2. The second-order valence-electron chi connectivity index (χ2n) is 6.38. The molecule has 2 atom stereocenters. The topological polar surface area (TPSA) is 104 Å². The molecule has 1 unspecified atom stereocenters. The van der Waals surface area contributed by atoms with Crippen LogP contribution in [0.1, 0.15) is 18.9 Å². The van der Waals surface area contributed by atoms with Gasteiger partial charge in [-0.3, -0.25) is 15.4 Å². The Kier molecular flexibility index (Phi) is 4.61. The van der Waals surface area contributed by atoms with E-state index in [0.29, 0.717) is 11.6 Å². The van der Waals surface area contributed by atoms with Crippen LogP contribution in [-0.4, -0.2) is 43.6 Å². The van der Waals surface area contributed by atoms with Crippen LogP contribution in [0.15, 0.2) is 30.3 Å². The quantitative estimate of drug-likeness (QED) is 0.674. The minimum absolute atomic E-state index is 0.273. The lowest BCUT2D eigenvalue weighted by Crippen LogP contribution is -2.53. The van der Waals surface area contributed by atoms with Gasteiger partial charge < -0.3 is 5.32 Å². The molecule has 25 heavy (non-hydrogen) atoms. The van der Waals surface area contributed by atoms with E-state index in [1.54, 1.807) is 12.1 Å². The summed E-state index contributed by atoms with van der Waals surface area (Å²) in [7, 11) is -3.68. The standard InChI is InChI=1S/C16H18ClN3O4S/c1-16(14(21)19-15(22)20-16)9-25(23,24)13-8-11(6-7-18-13)10-2-4-12(17)5-3-10/h2-6,13,18H,7-9H2,1H3,(H2,19,20,21,22)/t13?,16-/m1/s1. The number of halogens is 1. The van der Waals surface area contributed by atoms with Crippen LogP contribution in [0, 0.1) is 0 Å². The van der Waals surface area contributed by atoms with Crippen LogP contribution >= 0.6 is 11.6 Å². The van der Waals surface area contributed by atoms with E-state index in [2.05, 4.69) is 16.0 Å². The van der Waals surface area contributed by atoms with Gasteiger partial charge >= 0.3 is 6.03 Å². The van der Waals surface area contributed by atoms with Crippen LogP contribution in [0.25, 0.3) is 5.57 Å². The molecule has 0 radical (unpaired) electrons. The van der Waals surface area contributed by atoms with Crippen LogP contribution in [-0.2, 0) is 14.6 Å². The third-order valence-electron chi connectivity index (χ3n) is 4.36. The highest BCUT2D eigenvalue weighted by atomic mass is 35.5. The number of carbonyl (C=O) groups is 2. The molecule has 2 aliphatic rings.